The van der Waals surface area contributed by atoms with Crippen LogP contribution in [0.4, 0.5) is 4.39 Å². The molecule has 0 aromatic heterocycles. The minimum Gasteiger partial charge on any atom is -0.458 e. The van der Waals surface area contributed by atoms with Gasteiger partial charge in [0.25, 0.3) is 0 Å². The summed E-state index contributed by atoms with van der Waals surface area (Å²) >= 11 is 0. The third-order valence-electron chi connectivity index (χ3n) is 4.82. The number of rotatable bonds is 2. The number of hydrogen-bond donors (Lipinski definition) is 3. The first-order valence-electron chi connectivity index (χ1n) is 8.07. The quantitative estimate of drug-likeness (QED) is 0.784. The molecule has 2 aromatic rings. The standard InChI is InChI=1S/C19H17FN4O/c20-13-8-4-7-12(9-13)15-14(10-21)18(22)25-19-16(15)17(23-24-19)11-5-2-1-3-6-11/h1-9,15-17,19,23-24H,22H2. The third-order valence-corrected chi connectivity index (χ3v) is 4.82. The van der Waals surface area contributed by atoms with Crippen molar-refractivity contribution in [1.29, 1.82) is 5.26 Å². The number of ether oxygens (including phenoxy) is 1. The topological polar surface area (TPSA) is 83.1 Å². The van der Waals surface area contributed by atoms with Crippen LogP contribution >= 0.6 is 0 Å². The lowest BCUT2D eigenvalue weighted by Crippen LogP contribution is -2.41. The van der Waals surface area contributed by atoms with Gasteiger partial charge in [-0.1, -0.05) is 42.5 Å². The highest BCUT2D eigenvalue weighted by Crippen LogP contribution is 2.47. The largest absolute Gasteiger partial charge is 0.458 e. The SMILES string of the molecule is N#CC1=C(N)OC2NNC(c3ccccc3)C2C1c1cccc(F)c1. The number of benzene rings is 2. The molecule has 0 saturated carbocycles. The molecular formula is C19H17FN4O. The second kappa shape index (κ2) is 6.20. The van der Waals surface area contributed by atoms with Crippen molar-refractivity contribution >= 4 is 0 Å². The lowest BCUT2D eigenvalue weighted by molar-refractivity contribution is 0.0340. The van der Waals surface area contributed by atoms with E-state index in [1.807, 2.05) is 36.4 Å². The lowest BCUT2D eigenvalue weighted by atomic mass is 9.74. The van der Waals surface area contributed by atoms with Crippen molar-refractivity contribution in [3.8, 4) is 6.07 Å². The van der Waals surface area contributed by atoms with Crippen LogP contribution in [-0.4, -0.2) is 6.23 Å². The molecule has 4 rings (SSSR count). The van der Waals surface area contributed by atoms with E-state index in [4.69, 9.17) is 10.5 Å². The normalized spacial score (nSPS) is 28.2. The van der Waals surface area contributed by atoms with E-state index in [0.717, 1.165) is 5.56 Å². The van der Waals surface area contributed by atoms with Gasteiger partial charge in [0, 0.05) is 11.8 Å². The highest BCUT2D eigenvalue weighted by Gasteiger charge is 2.49. The average molecular weight is 336 g/mol. The number of nitrogens with two attached hydrogens (primary N) is 1. The summed E-state index contributed by atoms with van der Waals surface area (Å²) in [7, 11) is 0. The van der Waals surface area contributed by atoms with E-state index < -0.39 is 6.23 Å². The molecule has 4 atom stereocenters. The van der Waals surface area contributed by atoms with Crippen LogP contribution in [-0.2, 0) is 4.74 Å². The van der Waals surface area contributed by atoms with Gasteiger partial charge in [0.1, 0.15) is 11.9 Å². The Morgan fingerprint density at radius 3 is 2.52 bits per heavy atom. The summed E-state index contributed by atoms with van der Waals surface area (Å²) in [5.41, 5.74) is 14.4. The molecule has 5 nitrogen and oxygen atoms in total. The summed E-state index contributed by atoms with van der Waals surface area (Å²) < 4.78 is 19.5. The molecular weight excluding hydrogens is 319 g/mol. The predicted octanol–water partition coefficient (Wildman–Crippen LogP) is 2.42. The summed E-state index contributed by atoms with van der Waals surface area (Å²) in [4.78, 5) is 0. The Kier molecular flexibility index (Phi) is 3.88. The fourth-order valence-corrected chi connectivity index (χ4v) is 3.74. The maximum absolute atomic E-state index is 13.8. The summed E-state index contributed by atoms with van der Waals surface area (Å²) in [5, 5.41) is 9.64. The number of nitrogens with zero attached hydrogens (tertiary/aromatic N) is 1. The van der Waals surface area contributed by atoms with Crippen molar-refractivity contribution < 1.29 is 9.13 Å². The zero-order valence-electron chi connectivity index (χ0n) is 13.3. The van der Waals surface area contributed by atoms with Gasteiger partial charge in [0.15, 0.2) is 6.23 Å². The second-order valence-electron chi connectivity index (χ2n) is 6.22. The molecule has 2 heterocycles. The van der Waals surface area contributed by atoms with Crippen LogP contribution in [0.15, 0.2) is 66.1 Å². The molecule has 0 spiro atoms. The smallest absolute Gasteiger partial charge is 0.200 e. The van der Waals surface area contributed by atoms with E-state index in [0.29, 0.717) is 11.1 Å². The van der Waals surface area contributed by atoms with Crippen LogP contribution in [0.2, 0.25) is 0 Å². The number of hydrogen-bond acceptors (Lipinski definition) is 5. The second-order valence-corrected chi connectivity index (χ2v) is 6.22. The molecule has 1 saturated heterocycles. The van der Waals surface area contributed by atoms with E-state index in [1.54, 1.807) is 6.07 Å². The van der Waals surface area contributed by atoms with Gasteiger partial charge >= 0.3 is 0 Å². The molecule has 2 aromatic carbocycles. The first-order valence-corrected chi connectivity index (χ1v) is 8.07. The van der Waals surface area contributed by atoms with E-state index in [2.05, 4.69) is 16.9 Å². The molecule has 25 heavy (non-hydrogen) atoms. The fourth-order valence-electron chi connectivity index (χ4n) is 3.74. The Morgan fingerprint density at radius 2 is 1.80 bits per heavy atom. The number of fused-ring (bicyclic) bond motifs is 1. The Balaban J connectivity index is 1.84. The van der Waals surface area contributed by atoms with Gasteiger partial charge in [-0.3, -0.25) is 0 Å². The zero-order valence-corrected chi connectivity index (χ0v) is 13.3. The van der Waals surface area contributed by atoms with Crippen LogP contribution in [0, 0.1) is 23.1 Å². The summed E-state index contributed by atoms with van der Waals surface area (Å²) in [6.45, 7) is 0. The zero-order chi connectivity index (χ0) is 17.4. The van der Waals surface area contributed by atoms with Gasteiger partial charge in [-0.25, -0.2) is 15.2 Å². The van der Waals surface area contributed by atoms with Crippen molar-refractivity contribution in [2.24, 2.45) is 11.7 Å². The molecule has 0 radical (unpaired) electrons. The molecule has 4 unspecified atom stereocenters. The fraction of sp³-hybridized carbons (Fsp3) is 0.211. The van der Waals surface area contributed by atoms with Crippen molar-refractivity contribution in [2.45, 2.75) is 18.2 Å². The number of allylic oxidation sites excluding steroid dienone is 1. The average Bonchev–Trinajstić information content (AvgIpc) is 3.04. The van der Waals surface area contributed by atoms with Gasteiger partial charge < -0.3 is 10.5 Å². The monoisotopic (exact) mass is 336 g/mol. The molecule has 4 N–H and O–H groups in total. The lowest BCUT2D eigenvalue weighted by Gasteiger charge is -2.35. The van der Waals surface area contributed by atoms with Gasteiger partial charge in [-0.2, -0.15) is 5.26 Å². The number of nitriles is 1. The van der Waals surface area contributed by atoms with Gasteiger partial charge in [0.2, 0.25) is 5.88 Å². The third kappa shape index (κ3) is 2.64. The first-order chi connectivity index (χ1) is 12.2. The molecule has 2 aliphatic heterocycles. The molecule has 6 heteroatoms. The Morgan fingerprint density at radius 1 is 1.04 bits per heavy atom. The number of hydrazine groups is 1. The van der Waals surface area contributed by atoms with E-state index in [1.165, 1.54) is 12.1 Å². The van der Waals surface area contributed by atoms with Crippen LogP contribution in [0.5, 0.6) is 0 Å². The summed E-state index contributed by atoms with van der Waals surface area (Å²) in [5.74, 6) is -0.772. The van der Waals surface area contributed by atoms with Crippen LogP contribution in [0.25, 0.3) is 0 Å². The first kappa shape index (κ1) is 15.6. The van der Waals surface area contributed by atoms with Crippen molar-refractivity contribution in [3.05, 3.63) is 83.0 Å². The molecule has 126 valence electrons. The van der Waals surface area contributed by atoms with Crippen LogP contribution in [0.3, 0.4) is 0 Å². The molecule has 0 aliphatic carbocycles. The van der Waals surface area contributed by atoms with E-state index in [-0.39, 0.29) is 29.6 Å². The van der Waals surface area contributed by atoms with Crippen LogP contribution < -0.4 is 16.6 Å². The predicted molar refractivity (Wildman–Crippen MR) is 89.8 cm³/mol. The highest BCUT2D eigenvalue weighted by atomic mass is 19.1. The maximum atomic E-state index is 13.8. The maximum Gasteiger partial charge on any atom is 0.200 e. The molecule has 2 aliphatic rings. The molecule has 1 fully saturated rings. The molecule has 0 bridgehead atoms. The van der Waals surface area contributed by atoms with Crippen LogP contribution in [0.1, 0.15) is 23.1 Å². The molecule has 0 amide bonds. The van der Waals surface area contributed by atoms with E-state index in [9.17, 15) is 9.65 Å². The minimum atomic E-state index is -0.407. The van der Waals surface area contributed by atoms with Gasteiger partial charge in [-0.05, 0) is 23.3 Å². The Hall–Kier alpha value is -2.88. The Bertz CT molecular complexity index is 861. The summed E-state index contributed by atoms with van der Waals surface area (Å²) in [6, 6.07) is 18.3. The number of halogens is 1. The highest BCUT2D eigenvalue weighted by molar-refractivity contribution is 5.42. The van der Waals surface area contributed by atoms with Crippen molar-refractivity contribution in [2.75, 3.05) is 0 Å². The van der Waals surface area contributed by atoms with E-state index >= 15 is 0 Å². The van der Waals surface area contributed by atoms with Crippen molar-refractivity contribution in [3.63, 3.8) is 0 Å². The minimum absolute atomic E-state index is 0.0843. The van der Waals surface area contributed by atoms with Gasteiger partial charge in [0.05, 0.1) is 11.6 Å². The van der Waals surface area contributed by atoms with Gasteiger partial charge in [-0.15, -0.1) is 0 Å². The van der Waals surface area contributed by atoms with Crippen molar-refractivity contribution in [1.82, 2.24) is 10.9 Å². The number of nitrogens with one attached hydrogen (secondary N) is 2. The summed E-state index contributed by atoms with van der Waals surface area (Å²) in [6.07, 6.45) is -0.407. The Labute approximate surface area is 144 Å².